The maximum absolute atomic E-state index is 12.1. The molecule has 2 N–H and O–H groups in total. The van der Waals surface area contributed by atoms with Gasteiger partial charge in [0.15, 0.2) is 0 Å². The van der Waals surface area contributed by atoms with Crippen LogP contribution in [0, 0.1) is 0 Å². The van der Waals surface area contributed by atoms with Crippen molar-refractivity contribution in [2.45, 2.75) is 32.2 Å². The first-order chi connectivity index (χ1) is 12.9. The van der Waals surface area contributed by atoms with E-state index in [0.29, 0.717) is 5.92 Å². The maximum atomic E-state index is 12.1. The molecule has 27 heavy (non-hydrogen) atoms. The van der Waals surface area contributed by atoms with Crippen molar-refractivity contribution in [3.05, 3.63) is 57.8 Å². The fourth-order valence-corrected chi connectivity index (χ4v) is 3.51. The molecule has 6 heteroatoms. The lowest BCUT2D eigenvalue weighted by Crippen LogP contribution is -2.41. The van der Waals surface area contributed by atoms with Crippen molar-refractivity contribution < 1.29 is 9.59 Å². The van der Waals surface area contributed by atoms with Crippen LogP contribution in [0.15, 0.2) is 41.8 Å². The lowest BCUT2D eigenvalue weighted by Gasteiger charge is -2.19. The molecule has 0 saturated heterocycles. The predicted molar refractivity (Wildman–Crippen MR) is 111 cm³/mol. The first kappa shape index (κ1) is 21.1. The topological polar surface area (TPSA) is 61.4 Å². The lowest BCUT2D eigenvalue weighted by molar-refractivity contribution is -0.130. The smallest absolute Gasteiger partial charge is 0.241 e. The van der Waals surface area contributed by atoms with E-state index in [2.05, 4.69) is 54.8 Å². The molecule has 5 nitrogen and oxygen atoms in total. The molecule has 146 valence electrons. The number of rotatable bonds is 9. The Hall–Kier alpha value is -2.18. The van der Waals surface area contributed by atoms with E-state index in [4.69, 9.17) is 0 Å². The summed E-state index contributed by atoms with van der Waals surface area (Å²) in [7, 11) is 3.34. The summed E-state index contributed by atoms with van der Waals surface area (Å²) in [6, 6.07) is 12.6. The fraction of sp³-hybridized carbons (Fsp3) is 0.429. The quantitative estimate of drug-likeness (QED) is 0.695. The molecule has 0 bridgehead atoms. The first-order valence-electron chi connectivity index (χ1n) is 9.25. The van der Waals surface area contributed by atoms with Crippen LogP contribution in [0.25, 0.3) is 0 Å². The second kappa shape index (κ2) is 10.2. The number of likely N-dealkylation sites (N-methyl/N-ethyl adjacent to an activating group) is 1. The molecule has 0 spiro atoms. The summed E-state index contributed by atoms with van der Waals surface area (Å²) in [6.07, 6.45) is 1.11. The van der Waals surface area contributed by atoms with Gasteiger partial charge >= 0.3 is 0 Å². The van der Waals surface area contributed by atoms with Crippen LogP contribution in [-0.4, -0.2) is 43.9 Å². The van der Waals surface area contributed by atoms with Gasteiger partial charge in [-0.3, -0.25) is 14.9 Å². The Labute approximate surface area is 165 Å². The highest BCUT2D eigenvalue weighted by atomic mass is 32.1. The van der Waals surface area contributed by atoms with Crippen LogP contribution in [-0.2, 0) is 9.59 Å². The van der Waals surface area contributed by atoms with Crippen molar-refractivity contribution in [3.63, 3.8) is 0 Å². The number of benzene rings is 1. The third-order valence-electron chi connectivity index (χ3n) is 4.68. The van der Waals surface area contributed by atoms with Crippen LogP contribution in [0.4, 0.5) is 0 Å². The van der Waals surface area contributed by atoms with Crippen LogP contribution in [0.5, 0.6) is 0 Å². The monoisotopic (exact) mass is 387 g/mol. The molecule has 2 amide bonds. The van der Waals surface area contributed by atoms with Gasteiger partial charge in [-0.1, -0.05) is 44.2 Å². The number of nitrogens with one attached hydrogen (secondary N) is 2. The van der Waals surface area contributed by atoms with Crippen molar-refractivity contribution in [2.75, 3.05) is 27.2 Å². The number of carbonyl (C=O) groups excluding carboxylic acids is 2. The Morgan fingerprint density at radius 1 is 1.07 bits per heavy atom. The number of carbonyl (C=O) groups is 2. The van der Waals surface area contributed by atoms with E-state index >= 15 is 0 Å². The van der Waals surface area contributed by atoms with Crippen molar-refractivity contribution in [2.24, 2.45) is 0 Å². The molecule has 0 radical (unpaired) electrons. The Morgan fingerprint density at radius 3 is 2.30 bits per heavy atom. The number of nitrogens with zero attached hydrogens (tertiary/aromatic N) is 1. The average molecular weight is 388 g/mol. The van der Waals surface area contributed by atoms with E-state index in [9.17, 15) is 9.59 Å². The molecule has 0 aliphatic rings. The summed E-state index contributed by atoms with van der Waals surface area (Å²) in [4.78, 5) is 26.3. The van der Waals surface area contributed by atoms with Gasteiger partial charge in [-0.05, 0) is 34.9 Å². The SMILES string of the molecule is CC[C@@H](C)c1ccc([C@H](NCC(=O)NCC(=O)N(C)C)c2cccs2)cc1. The van der Waals surface area contributed by atoms with E-state index in [1.807, 2.05) is 11.4 Å². The minimum absolute atomic E-state index is 0.0147. The Balaban J connectivity index is 2.03. The van der Waals surface area contributed by atoms with E-state index in [1.165, 1.54) is 10.5 Å². The molecule has 0 fully saturated rings. The Morgan fingerprint density at radius 2 is 1.74 bits per heavy atom. The average Bonchev–Trinajstić information content (AvgIpc) is 3.20. The predicted octanol–water partition coefficient (Wildman–Crippen LogP) is 3.15. The fourth-order valence-electron chi connectivity index (χ4n) is 2.68. The van der Waals surface area contributed by atoms with Crippen LogP contribution in [0.1, 0.15) is 48.2 Å². The van der Waals surface area contributed by atoms with E-state index in [-0.39, 0.29) is 30.9 Å². The first-order valence-corrected chi connectivity index (χ1v) is 10.1. The van der Waals surface area contributed by atoms with E-state index in [1.54, 1.807) is 25.4 Å². The summed E-state index contributed by atoms with van der Waals surface area (Å²) in [5.41, 5.74) is 2.45. The molecule has 2 aromatic rings. The normalized spacial score (nSPS) is 13.0. The number of thiophene rings is 1. The van der Waals surface area contributed by atoms with Gasteiger partial charge in [-0.25, -0.2) is 0 Å². The molecular weight excluding hydrogens is 358 g/mol. The lowest BCUT2D eigenvalue weighted by atomic mass is 9.95. The molecule has 0 aliphatic carbocycles. The molecular formula is C21H29N3O2S. The largest absolute Gasteiger partial charge is 0.347 e. The van der Waals surface area contributed by atoms with Gasteiger partial charge in [-0.2, -0.15) is 0 Å². The summed E-state index contributed by atoms with van der Waals surface area (Å²) >= 11 is 1.66. The molecule has 2 rings (SSSR count). The molecule has 0 saturated carbocycles. The van der Waals surface area contributed by atoms with Crippen molar-refractivity contribution in [1.82, 2.24) is 15.5 Å². The second-order valence-electron chi connectivity index (χ2n) is 6.87. The Bertz CT molecular complexity index is 726. The number of hydrogen-bond acceptors (Lipinski definition) is 4. The maximum Gasteiger partial charge on any atom is 0.241 e. The third kappa shape index (κ3) is 6.19. The highest BCUT2D eigenvalue weighted by Crippen LogP contribution is 2.27. The molecule has 1 heterocycles. The zero-order valence-electron chi connectivity index (χ0n) is 16.5. The van der Waals surface area contributed by atoms with Crippen molar-refractivity contribution >= 4 is 23.2 Å². The van der Waals surface area contributed by atoms with Crippen molar-refractivity contribution in [3.8, 4) is 0 Å². The minimum atomic E-state index is -0.192. The highest BCUT2D eigenvalue weighted by molar-refractivity contribution is 7.10. The zero-order valence-corrected chi connectivity index (χ0v) is 17.3. The van der Waals surface area contributed by atoms with Gasteiger partial charge in [0, 0.05) is 19.0 Å². The van der Waals surface area contributed by atoms with Gasteiger partial charge in [-0.15, -0.1) is 11.3 Å². The minimum Gasteiger partial charge on any atom is -0.347 e. The van der Waals surface area contributed by atoms with Gasteiger partial charge in [0.25, 0.3) is 0 Å². The molecule has 2 atom stereocenters. The van der Waals surface area contributed by atoms with E-state index in [0.717, 1.165) is 16.9 Å². The summed E-state index contributed by atoms with van der Waals surface area (Å²) < 4.78 is 0. The summed E-state index contributed by atoms with van der Waals surface area (Å²) in [6.45, 7) is 4.58. The molecule has 0 unspecified atom stereocenters. The standard InChI is InChI=1S/C21H29N3O2S/c1-5-15(2)16-8-10-17(11-9-16)21(18-7-6-12-27-18)23-13-19(25)22-14-20(26)24(3)4/h6-12,15,21,23H,5,13-14H2,1-4H3,(H,22,25)/t15-,21+/m1/s1. The summed E-state index contributed by atoms with van der Waals surface area (Å²) in [5, 5.41) is 8.02. The second-order valence-corrected chi connectivity index (χ2v) is 7.85. The molecule has 1 aromatic carbocycles. The van der Waals surface area contributed by atoms with Crippen molar-refractivity contribution in [1.29, 1.82) is 0 Å². The van der Waals surface area contributed by atoms with Gasteiger partial charge in [0.05, 0.1) is 19.1 Å². The number of hydrogen-bond donors (Lipinski definition) is 2. The molecule has 1 aromatic heterocycles. The Kier molecular flexibility index (Phi) is 8.00. The molecule has 0 aliphatic heterocycles. The van der Waals surface area contributed by atoms with Gasteiger partial charge in [0.1, 0.15) is 0 Å². The van der Waals surface area contributed by atoms with Crippen LogP contribution in [0.2, 0.25) is 0 Å². The van der Waals surface area contributed by atoms with E-state index < -0.39 is 0 Å². The third-order valence-corrected chi connectivity index (χ3v) is 5.62. The van der Waals surface area contributed by atoms with Gasteiger partial charge in [0.2, 0.25) is 11.8 Å². The van der Waals surface area contributed by atoms with Crippen LogP contribution >= 0.6 is 11.3 Å². The van der Waals surface area contributed by atoms with Gasteiger partial charge < -0.3 is 10.2 Å². The summed E-state index contributed by atoms with van der Waals surface area (Å²) in [5.74, 6) is 0.217. The van der Waals surface area contributed by atoms with Crippen LogP contribution < -0.4 is 10.6 Å². The van der Waals surface area contributed by atoms with Crippen LogP contribution in [0.3, 0.4) is 0 Å². The zero-order chi connectivity index (χ0) is 19.8. The number of amides is 2. The highest BCUT2D eigenvalue weighted by Gasteiger charge is 2.17.